The van der Waals surface area contributed by atoms with E-state index in [0.717, 1.165) is 33.5 Å². The van der Waals surface area contributed by atoms with E-state index in [1.165, 1.54) is 11.8 Å². The maximum Gasteiger partial charge on any atom is 0.243 e. The Kier molecular flexibility index (Phi) is 6.59. The Morgan fingerprint density at radius 1 is 1.06 bits per heavy atom. The third kappa shape index (κ3) is 5.02. The first-order chi connectivity index (χ1) is 14.7. The first-order valence-electron chi connectivity index (χ1n) is 10.3. The molecule has 0 radical (unpaired) electrons. The number of carbonyl (C=O) groups excluding carboxylic acids is 3. The molecule has 162 valence electrons. The van der Waals surface area contributed by atoms with Gasteiger partial charge in [-0.15, -0.1) is 0 Å². The van der Waals surface area contributed by atoms with E-state index in [-0.39, 0.29) is 30.7 Å². The predicted molar refractivity (Wildman–Crippen MR) is 122 cm³/mol. The number of carbonyl (C=O) groups is 3. The van der Waals surface area contributed by atoms with Crippen molar-refractivity contribution in [3.8, 4) is 0 Å². The summed E-state index contributed by atoms with van der Waals surface area (Å²) in [5.74, 6) is -0.582. The lowest BCUT2D eigenvalue weighted by atomic mass is 9.93. The second-order valence-electron chi connectivity index (χ2n) is 8.16. The van der Waals surface area contributed by atoms with E-state index in [4.69, 9.17) is 0 Å². The molecule has 1 atom stereocenters. The van der Waals surface area contributed by atoms with Crippen LogP contribution in [-0.2, 0) is 14.4 Å². The minimum atomic E-state index is -0.390. The van der Waals surface area contributed by atoms with Gasteiger partial charge < -0.3 is 15.1 Å². The third-order valence-corrected chi connectivity index (χ3v) is 5.59. The van der Waals surface area contributed by atoms with Gasteiger partial charge in [0, 0.05) is 25.9 Å². The number of hydrogen-bond donors (Lipinski definition) is 1. The molecule has 0 aliphatic carbocycles. The van der Waals surface area contributed by atoms with E-state index < -0.39 is 6.04 Å². The molecule has 1 heterocycles. The van der Waals surface area contributed by atoms with Gasteiger partial charge in [-0.1, -0.05) is 42.0 Å². The van der Waals surface area contributed by atoms with Crippen molar-refractivity contribution >= 4 is 29.5 Å². The molecular formula is C25H29N3O3. The zero-order valence-corrected chi connectivity index (χ0v) is 18.7. The van der Waals surface area contributed by atoms with E-state index in [1.807, 2.05) is 63.2 Å². The van der Waals surface area contributed by atoms with Gasteiger partial charge in [-0.3, -0.25) is 14.4 Å². The average molecular weight is 420 g/mol. The van der Waals surface area contributed by atoms with Crippen molar-refractivity contribution in [2.24, 2.45) is 0 Å². The van der Waals surface area contributed by atoms with E-state index in [2.05, 4.69) is 5.32 Å². The van der Waals surface area contributed by atoms with Gasteiger partial charge in [0.05, 0.1) is 19.0 Å². The number of likely N-dealkylation sites (N-methyl/N-ethyl adjacent to an activating group) is 1. The van der Waals surface area contributed by atoms with Crippen LogP contribution in [0.15, 0.2) is 42.6 Å². The van der Waals surface area contributed by atoms with E-state index in [0.29, 0.717) is 0 Å². The molecular weight excluding hydrogens is 390 g/mol. The monoisotopic (exact) mass is 419 g/mol. The molecule has 1 aliphatic rings. The number of rotatable bonds is 5. The summed E-state index contributed by atoms with van der Waals surface area (Å²) in [7, 11) is 1.61. The molecule has 3 rings (SSSR count). The Hall–Kier alpha value is -3.41. The lowest BCUT2D eigenvalue weighted by Crippen LogP contribution is -2.39. The Morgan fingerprint density at radius 3 is 2.35 bits per heavy atom. The van der Waals surface area contributed by atoms with Crippen LogP contribution < -0.4 is 5.32 Å². The Morgan fingerprint density at radius 2 is 1.71 bits per heavy atom. The van der Waals surface area contributed by atoms with Crippen LogP contribution in [0.1, 0.15) is 47.2 Å². The smallest absolute Gasteiger partial charge is 0.243 e. The summed E-state index contributed by atoms with van der Waals surface area (Å²) in [5, 5.41) is 2.93. The van der Waals surface area contributed by atoms with Gasteiger partial charge in [-0.25, -0.2) is 0 Å². The summed E-state index contributed by atoms with van der Waals surface area (Å²) in [4.78, 5) is 40.7. The van der Waals surface area contributed by atoms with Gasteiger partial charge in [-0.05, 0) is 49.1 Å². The number of nitrogens with one attached hydrogen (secondary N) is 1. The standard InChI is InChI=1S/C25H29N3O3/c1-16-12-17(2)25(18(3)13-16)26-23(30)15-27(5)24(31)14-22-21-9-7-6-8-20(21)10-11-28(22)19(4)29/h6-13,22H,14-15H2,1-5H3,(H,26,30)/t22-/m0/s1. The van der Waals surface area contributed by atoms with Crippen molar-refractivity contribution in [1.82, 2.24) is 9.80 Å². The highest BCUT2D eigenvalue weighted by molar-refractivity contribution is 5.96. The van der Waals surface area contributed by atoms with Crippen LogP contribution in [0.4, 0.5) is 5.69 Å². The van der Waals surface area contributed by atoms with Crippen molar-refractivity contribution in [3.05, 3.63) is 70.4 Å². The van der Waals surface area contributed by atoms with Crippen molar-refractivity contribution in [3.63, 3.8) is 0 Å². The van der Waals surface area contributed by atoms with Crippen LogP contribution in [0, 0.1) is 20.8 Å². The third-order valence-electron chi connectivity index (χ3n) is 5.59. The summed E-state index contributed by atoms with van der Waals surface area (Å²) in [5.41, 5.74) is 5.81. The van der Waals surface area contributed by atoms with Gasteiger partial charge in [0.2, 0.25) is 17.7 Å². The molecule has 0 bridgehead atoms. The molecule has 3 amide bonds. The van der Waals surface area contributed by atoms with Crippen LogP contribution in [0.25, 0.3) is 6.08 Å². The lowest BCUT2D eigenvalue weighted by molar-refractivity contribution is -0.136. The quantitative estimate of drug-likeness (QED) is 0.797. The Labute approximate surface area is 183 Å². The summed E-state index contributed by atoms with van der Waals surface area (Å²) >= 11 is 0. The molecule has 0 unspecified atom stereocenters. The highest BCUT2D eigenvalue weighted by atomic mass is 16.2. The highest BCUT2D eigenvalue weighted by Gasteiger charge is 2.29. The average Bonchev–Trinajstić information content (AvgIpc) is 2.70. The molecule has 0 spiro atoms. The number of benzene rings is 2. The number of hydrogen-bond acceptors (Lipinski definition) is 3. The van der Waals surface area contributed by atoms with Crippen LogP contribution in [0.5, 0.6) is 0 Å². The van der Waals surface area contributed by atoms with E-state index in [9.17, 15) is 14.4 Å². The molecule has 1 N–H and O–H groups in total. The summed E-state index contributed by atoms with van der Waals surface area (Å²) < 4.78 is 0. The normalized spacial score (nSPS) is 14.7. The fourth-order valence-electron chi connectivity index (χ4n) is 4.09. The van der Waals surface area contributed by atoms with Crippen LogP contribution in [0.3, 0.4) is 0 Å². The van der Waals surface area contributed by atoms with Gasteiger partial charge in [-0.2, -0.15) is 0 Å². The molecule has 6 nitrogen and oxygen atoms in total. The number of aryl methyl sites for hydroxylation is 3. The topological polar surface area (TPSA) is 69.7 Å². The van der Waals surface area contributed by atoms with Crippen LogP contribution >= 0.6 is 0 Å². The van der Waals surface area contributed by atoms with Crippen molar-refractivity contribution in [1.29, 1.82) is 0 Å². The number of anilines is 1. The predicted octanol–water partition coefficient (Wildman–Crippen LogP) is 3.97. The first kappa shape index (κ1) is 22.3. The molecule has 0 fully saturated rings. The van der Waals surface area contributed by atoms with Crippen LogP contribution in [-0.4, -0.2) is 41.1 Å². The van der Waals surface area contributed by atoms with Gasteiger partial charge in [0.25, 0.3) is 0 Å². The second-order valence-corrected chi connectivity index (χ2v) is 8.16. The SMILES string of the molecule is CC(=O)N1C=Cc2ccccc2[C@@H]1CC(=O)N(C)CC(=O)Nc1c(C)cc(C)cc1C. The second kappa shape index (κ2) is 9.16. The fraction of sp³-hybridized carbons (Fsp3) is 0.320. The highest BCUT2D eigenvalue weighted by Crippen LogP contribution is 2.33. The Bertz CT molecular complexity index is 1030. The molecule has 0 aromatic heterocycles. The number of amides is 3. The zero-order valence-electron chi connectivity index (χ0n) is 18.7. The lowest BCUT2D eigenvalue weighted by Gasteiger charge is -2.33. The van der Waals surface area contributed by atoms with Crippen molar-refractivity contribution in [2.75, 3.05) is 18.9 Å². The largest absolute Gasteiger partial charge is 0.336 e. The summed E-state index contributed by atoms with van der Waals surface area (Å²) in [6.45, 7) is 7.35. The van der Waals surface area contributed by atoms with Crippen molar-refractivity contribution in [2.45, 2.75) is 40.2 Å². The summed E-state index contributed by atoms with van der Waals surface area (Å²) in [6.07, 6.45) is 3.70. The van der Waals surface area contributed by atoms with Crippen LogP contribution in [0.2, 0.25) is 0 Å². The first-order valence-corrected chi connectivity index (χ1v) is 10.3. The van der Waals surface area contributed by atoms with Gasteiger partial charge in [0.1, 0.15) is 0 Å². The molecule has 6 heteroatoms. The molecule has 0 saturated heterocycles. The fourth-order valence-corrected chi connectivity index (χ4v) is 4.09. The number of nitrogens with zero attached hydrogens (tertiary/aromatic N) is 2. The molecule has 1 aliphatic heterocycles. The van der Waals surface area contributed by atoms with E-state index in [1.54, 1.807) is 18.1 Å². The maximum atomic E-state index is 12.9. The molecule has 0 saturated carbocycles. The molecule has 2 aromatic rings. The minimum Gasteiger partial charge on any atom is -0.336 e. The zero-order chi connectivity index (χ0) is 22.7. The maximum absolute atomic E-state index is 12.9. The minimum absolute atomic E-state index is 0.0597. The molecule has 2 aromatic carbocycles. The number of fused-ring (bicyclic) bond motifs is 1. The van der Waals surface area contributed by atoms with Gasteiger partial charge >= 0.3 is 0 Å². The van der Waals surface area contributed by atoms with E-state index >= 15 is 0 Å². The van der Waals surface area contributed by atoms with Gasteiger partial charge in [0.15, 0.2) is 0 Å². The Balaban J connectivity index is 1.69. The molecule has 31 heavy (non-hydrogen) atoms. The van der Waals surface area contributed by atoms with Crippen molar-refractivity contribution < 1.29 is 14.4 Å². The summed E-state index contributed by atoms with van der Waals surface area (Å²) in [6, 6.07) is 11.4.